The van der Waals surface area contributed by atoms with Gasteiger partial charge in [-0.15, -0.1) is 11.3 Å². The lowest BCUT2D eigenvalue weighted by molar-refractivity contribution is -0.118. The molecule has 0 radical (unpaired) electrons. The Labute approximate surface area is 177 Å². The summed E-state index contributed by atoms with van der Waals surface area (Å²) in [5, 5.41) is 5.86. The molecule has 1 amide bonds. The van der Waals surface area contributed by atoms with E-state index in [4.69, 9.17) is 16.3 Å². The van der Waals surface area contributed by atoms with Gasteiger partial charge in [0.15, 0.2) is 11.7 Å². The molecule has 0 aliphatic rings. The molecular formula is C23H17ClN2O2S. The second-order valence-electron chi connectivity index (χ2n) is 6.27. The normalized spacial score (nSPS) is 10.5. The summed E-state index contributed by atoms with van der Waals surface area (Å²) in [6.07, 6.45) is 0. The van der Waals surface area contributed by atoms with Gasteiger partial charge in [0.1, 0.15) is 5.75 Å². The van der Waals surface area contributed by atoms with Crippen LogP contribution >= 0.6 is 22.9 Å². The van der Waals surface area contributed by atoms with Crippen LogP contribution in [0.3, 0.4) is 0 Å². The Kier molecular flexibility index (Phi) is 5.89. The van der Waals surface area contributed by atoms with E-state index in [1.165, 1.54) is 11.3 Å². The van der Waals surface area contributed by atoms with Crippen LogP contribution < -0.4 is 10.1 Å². The minimum absolute atomic E-state index is 0.0828. The van der Waals surface area contributed by atoms with E-state index in [-0.39, 0.29) is 12.5 Å². The summed E-state index contributed by atoms with van der Waals surface area (Å²) in [5.41, 5.74) is 3.97. The fourth-order valence-electron chi connectivity index (χ4n) is 2.76. The van der Waals surface area contributed by atoms with Crippen LogP contribution in [0.25, 0.3) is 22.4 Å². The molecule has 0 bridgehead atoms. The number of carbonyl (C=O) groups excluding carboxylic acids is 1. The first-order valence-corrected chi connectivity index (χ1v) is 10.2. The number of aromatic nitrogens is 1. The molecule has 4 nitrogen and oxygen atoms in total. The molecular weight excluding hydrogens is 404 g/mol. The quantitative estimate of drug-likeness (QED) is 0.407. The van der Waals surface area contributed by atoms with Crippen LogP contribution in [-0.4, -0.2) is 17.5 Å². The summed E-state index contributed by atoms with van der Waals surface area (Å²) >= 11 is 7.28. The maximum Gasteiger partial charge on any atom is 0.264 e. The lowest BCUT2D eigenvalue weighted by atomic mass is 10.1. The van der Waals surface area contributed by atoms with Gasteiger partial charge in [-0.05, 0) is 35.4 Å². The maximum atomic E-state index is 12.2. The molecule has 1 N–H and O–H groups in total. The van der Waals surface area contributed by atoms with Crippen LogP contribution in [-0.2, 0) is 4.79 Å². The number of rotatable bonds is 6. The molecule has 3 aromatic carbocycles. The van der Waals surface area contributed by atoms with Crippen molar-refractivity contribution in [3.05, 3.63) is 89.3 Å². The first-order valence-electron chi connectivity index (χ1n) is 8.97. The topological polar surface area (TPSA) is 51.2 Å². The number of thiazole rings is 1. The maximum absolute atomic E-state index is 12.2. The minimum atomic E-state index is -0.255. The van der Waals surface area contributed by atoms with Crippen molar-refractivity contribution in [3.8, 4) is 28.1 Å². The van der Waals surface area contributed by atoms with Gasteiger partial charge in [0.25, 0.3) is 5.91 Å². The molecule has 0 aliphatic heterocycles. The van der Waals surface area contributed by atoms with Crippen molar-refractivity contribution in [1.29, 1.82) is 0 Å². The van der Waals surface area contributed by atoms with E-state index >= 15 is 0 Å². The highest BCUT2D eigenvalue weighted by molar-refractivity contribution is 7.14. The molecule has 0 atom stereocenters. The SMILES string of the molecule is O=C(COc1ccc(-c2ccccc2)cc1)Nc1nc(-c2ccc(Cl)cc2)cs1. The number of amides is 1. The highest BCUT2D eigenvalue weighted by atomic mass is 35.5. The van der Waals surface area contributed by atoms with Gasteiger partial charge in [-0.3, -0.25) is 10.1 Å². The Morgan fingerprint density at radius 3 is 2.28 bits per heavy atom. The lowest BCUT2D eigenvalue weighted by Gasteiger charge is -2.07. The third kappa shape index (κ3) is 5.02. The Bertz CT molecular complexity index is 1090. The monoisotopic (exact) mass is 420 g/mol. The third-order valence-electron chi connectivity index (χ3n) is 4.22. The van der Waals surface area contributed by atoms with Crippen LogP contribution in [0.5, 0.6) is 5.75 Å². The Hall–Kier alpha value is -3.15. The summed E-state index contributed by atoms with van der Waals surface area (Å²) in [6.45, 7) is -0.0828. The summed E-state index contributed by atoms with van der Waals surface area (Å²) in [5.74, 6) is 0.384. The highest BCUT2D eigenvalue weighted by Gasteiger charge is 2.09. The van der Waals surface area contributed by atoms with Gasteiger partial charge < -0.3 is 4.74 Å². The molecule has 6 heteroatoms. The summed E-state index contributed by atoms with van der Waals surface area (Å²) in [6, 6.07) is 25.2. The van der Waals surface area contributed by atoms with Gasteiger partial charge in [0.05, 0.1) is 5.69 Å². The molecule has 0 saturated carbocycles. The number of hydrogen-bond acceptors (Lipinski definition) is 4. The van der Waals surface area contributed by atoms with Crippen molar-refractivity contribution >= 4 is 34.0 Å². The van der Waals surface area contributed by atoms with E-state index in [0.717, 1.165) is 22.4 Å². The molecule has 0 unspecified atom stereocenters. The zero-order valence-corrected chi connectivity index (χ0v) is 16.9. The number of anilines is 1. The molecule has 4 aromatic rings. The number of nitrogens with one attached hydrogen (secondary N) is 1. The number of nitrogens with zero attached hydrogens (tertiary/aromatic N) is 1. The van der Waals surface area contributed by atoms with Gasteiger partial charge >= 0.3 is 0 Å². The van der Waals surface area contributed by atoms with Crippen molar-refractivity contribution in [2.45, 2.75) is 0 Å². The number of carbonyl (C=O) groups is 1. The predicted octanol–water partition coefficient (Wildman–Crippen LogP) is 6.15. The summed E-state index contributed by atoms with van der Waals surface area (Å²) in [4.78, 5) is 16.6. The van der Waals surface area contributed by atoms with Gasteiger partial charge in [0.2, 0.25) is 0 Å². The Morgan fingerprint density at radius 1 is 0.897 bits per heavy atom. The smallest absolute Gasteiger partial charge is 0.264 e. The predicted molar refractivity (Wildman–Crippen MR) is 119 cm³/mol. The molecule has 0 fully saturated rings. The third-order valence-corrected chi connectivity index (χ3v) is 5.23. The van der Waals surface area contributed by atoms with Crippen LogP contribution in [0.2, 0.25) is 5.02 Å². The van der Waals surface area contributed by atoms with Gasteiger partial charge in [-0.2, -0.15) is 0 Å². The average molecular weight is 421 g/mol. The van der Waals surface area contributed by atoms with Crippen molar-refractivity contribution in [1.82, 2.24) is 4.98 Å². The van der Waals surface area contributed by atoms with Crippen LogP contribution in [0.4, 0.5) is 5.13 Å². The van der Waals surface area contributed by atoms with Crippen LogP contribution in [0, 0.1) is 0 Å². The van der Waals surface area contributed by atoms with Gasteiger partial charge in [-0.1, -0.05) is 66.2 Å². The first kappa shape index (κ1) is 19.2. The lowest BCUT2D eigenvalue weighted by Crippen LogP contribution is -2.20. The van der Waals surface area contributed by atoms with Crippen molar-refractivity contribution in [2.24, 2.45) is 0 Å². The highest BCUT2D eigenvalue weighted by Crippen LogP contribution is 2.26. The van der Waals surface area contributed by atoms with E-state index < -0.39 is 0 Å². The number of halogens is 1. The standard InChI is InChI=1S/C23H17ClN2O2S/c24-19-10-6-18(7-11-19)21-15-29-23(25-21)26-22(27)14-28-20-12-8-17(9-13-20)16-4-2-1-3-5-16/h1-13,15H,14H2,(H,25,26,27). The second kappa shape index (κ2) is 8.90. The molecule has 1 aromatic heterocycles. The zero-order valence-electron chi connectivity index (χ0n) is 15.3. The number of ether oxygens (including phenoxy) is 1. The van der Waals surface area contributed by atoms with E-state index in [1.807, 2.05) is 72.1 Å². The van der Waals surface area contributed by atoms with Crippen LogP contribution in [0.1, 0.15) is 0 Å². The van der Waals surface area contributed by atoms with E-state index in [2.05, 4.69) is 22.4 Å². The summed E-state index contributed by atoms with van der Waals surface area (Å²) in [7, 11) is 0. The van der Waals surface area contributed by atoms with Crippen LogP contribution in [0.15, 0.2) is 84.2 Å². The molecule has 144 valence electrons. The van der Waals surface area contributed by atoms with E-state index in [1.54, 1.807) is 0 Å². The van der Waals surface area contributed by atoms with Crippen molar-refractivity contribution < 1.29 is 9.53 Å². The van der Waals surface area contributed by atoms with Gasteiger partial charge in [0, 0.05) is 16.0 Å². The molecule has 29 heavy (non-hydrogen) atoms. The minimum Gasteiger partial charge on any atom is -0.484 e. The van der Waals surface area contributed by atoms with Gasteiger partial charge in [-0.25, -0.2) is 4.98 Å². The zero-order chi connectivity index (χ0) is 20.1. The Balaban J connectivity index is 1.32. The van der Waals surface area contributed by atoms with E-state index in [9.17, 15) is 4.79 Å². The molecule has 0 spiro atoms. The number of hydrogen-bond donors (Lipinski definition) is 1. The fourth-order valence-corrected chi connectivity index (χ4v) is 3.62. The fraction of sp³-hybridized carbons (Fsp3) is 0.0435. The summed E-state index contributed by atoms with van der Waals surface area (Å²) < 4.78 is 5.59. The molecule has 1 heterocycles. The number of benzene rings is 3. The van der Waals surface area contributed by atoms with Crippen molar-refractivity contribution in [2.75, 3.05) is 11.9 Å². The first-order chi connectivity index (χ1) is 14.2. The largest absolute Gasteiger partial charge is 0.484 e. The Morgan fingerprint density at radius 2 is 1.55 bits per heavy atom. The average Bonchev–Trinajstić information content (AvgIpc) is 3.22. The van der Waals surface area contributed by atoms with Crippen molar-refractivity contribution in [3.63, 3.8) is 0 Å². The van der Waals surface area contributed by atoms with E-state index in [0.29, 0.717) is 15.9 Å². The second-order valence-corrected chi connectivity index (χ2v) is 7.57. The molecule has 0 aliphatic carbocycles. The molecule has 4 rings (SSSR count). The molecule has 0 saturated heterocycles.